The van der Waals surface area contributed by atoms with E-state index in [4.69, 9.17) is 4.42 Å². The Labute approximate surface area is 115 Å². The third-order valence-corrected chi connectivity index (χ3v) is 2.96. The topological polar surface area (TPSA) is 25.2 Å². The van der Waals surface area contributed by atoms with Crippen LogP contribution in [0.4, 0.5) is 13.2 Å². The Morgan fingerprint density at radius 3 is 2.70 bits per heavy atom. The van der Waals surface area contributed by atoms with E-state index in [9.17, 15) is 13.2 Å². The number of alkyl halides is 3. The number of rotatable bonds is 5. The lowest BCUT2D eigenvalue weighted by Crippen LogP contribution is -2.13. The molecule has 2 aromatic rings. The molecule has 5 heteroatoms. The Bertz CT molecular complexity index is 560. The van der Waals surface area contributed by atoms with Crippen molar-refractivity contribution in [2.24, 2.45) is 0 Å². The van der Waals surface area contributed by atoms with Crippen molar-refractivity contribution in [3.05, 3.63) is 47.9 Å². The molecule has 1 N–H and O–H groups in total. The lowest BCUT2D eigenvalue weighted by atomic mass is 10.0. The van der Waals surface area contributed by atoms with Gasteiger partial charge in [-0.1, -0.05) is 19.1 Å². The van der Waals surface area contributed by atoms with Crippen LogP contribution in [0.5, 0.6) is 0 Å². The fraction of sp³-hybridized carbons (Fsp3) is 0.333. The van der Waals surface area contributed by atoms with Gasteiger partial charge >= 0.3 is 6.18 Å². The average Bonchev–Trinajstić information content (AvgIpc) is 2.87. The van der Waals surface area contributed by atoms with Crippen LogP contribution in [-0.4, -0.2) is 6.54 Å². The van der Waals surface area contributed by atoms with Crippen LogP contribution in [0.2, 0.25) is 0 Å². The van der Waals surface area contributed by atoms with Crippen molar-refractivity contribution >= 4 is 0 Å². The zero-order valence-corrected chi connectivity index (χ0v) is 11.1. The Morgan fingerprint density at radius 2 is 2.00 bits per heavy atom. The summed E-state index contributed by atoms with van der Waals surface area (Å²) >= 11 is 0. The molecule has 1 aromatic carbocycles. The van der Waals surface area contributed by atoms with Crippen molar-refractivity contribution < 1.29 is 17.6 Å². The molecule has 1 heterocycles. The predicted molar refractivity (Wildman–Crippen MR) is 71.1 cm³/mol. The monoisotopic (exact) mass is 283 g/mol. The molecule has 2 rings (SSSR count). The first-order valence-corrected chi connectivity index (χ1v) is 6.47. The molecular weight excluding hydrogens is 267 g/mol. The maximum Gasteiger partial charge on any atom is 0.416 e. The summed E-state index contributed by atoms with van der Waals surface area (Å²) in [4.78, 5) is 0. The summed E-state index contributed by atoms with van der Waals surface area (Å²) in [5.41, 5.74) is 0.560. The minimum absolute atomic E-state index is 0.506. The molecule has 0 fully saturated rings. The molecule has 0 bridgehead atoms. The number of hydrogen-bond donors (Lipinski definition) is 1. The largest absolute Gasteiger partial charge is 0.467 e. The SMILES string of the molecule is CCCNCc1occc1-c1cccc(C(F)(F)F)c1. The molecule has 108 valence electrons. The Balaban J connectivity index is 2.26. The quantitative estimate of drug-likeness (QED) is 0.819. The normalized spacial score (nSPS) is 11.8. The molecule has 0 saturated heterocycles. The summed E-state index contributed by atoms with van der Waals surface area (Å²) in [5, 5.41) is 3.18. The van der Waals surface area contributed by atoms with E-state index in [1.165, 1.54) is 12.3 Å². The van der Waals surface area contributed by atoms with E-state index in [2.05, 4.69) is 5.32 Å². The highest BCUT2D eigenvalue weighted by Crippen LogP contribution is 2.33. The molecule has 1 aromatic heterocycles. The summed E-state index contributed by atoms with van der Waals surface area (Å²) in [6.07, 6.45) is -1.85. The van der Waals surface area contributed by atoms with Gasteiger partial charge in [0.2, 0.25) is 0 Å². The first-order chi connectivity index (χ1) is 9.52. The molecule has 20 heavy (non-hydrogen) atoms. The van der Waals surface area contributed by atoms with Crippen molar-refractivity contribution in [1.29, 1.82) is 0 Å². The van der Waals surface area contributed by atoms with Gasteiger partial charge in [0.25, 0.3) is 0 Å². The lowest BCUT2D eigenvalue weighted by Gasteiger charge is -2.09. The minimum Gasteiger partial charge on any atom is -0.467 e. The van der Waals surface area contributed by atoms with Crippen LogP contribution in [0, 0.1) is 0 Å². The van der Waals surface area contributed by atoms with Crippen molar-refractivity contribution in [1.82, 2.24) is 5.32 Å². The van der Waals surface area contributed by atoms with Gasteiger partial charge in [0.05, 0.1) is 18.4 Å². The van der Waals surface area contributed by atoms with Crippen LogP contribution < -0.4 is 5.32 Å². The second-order valence-electron chi connectivity index (χ2n) is 4.51. The molecule has 0 amide bonds. The first kappa shape index (κ1) is 14.7. The van der Waals surface area contributed by atoms with Crippen molar-refractivity contribution in [2.45, 2.75) is 26.1 Å². The van der Waals surface area contributed by atoms with Crippen molar-refractivity contribution in [2.75, 3.05) is 6.54 Å². The van der Waals surface area contributed by atoms with Gasteiger partial charge in [-0.15, -0.1) is 0 Å². The highest BCUT2D eigenvalue weighted by molar-refractivity contribution is 5.66. The van der Waals surface area contributed by atoms with E-state index >= 15 is 0 Å². The van der Waals surface area contributed by atoms with Gasteiger partial charge in [0.15, 0.2) is 0 Å². The summed E-state index contributed by atoms with van der Waals surface area (Å²) in [6.45, 7) is 3.39. The molecule has 0 unspecified atom stereocenters. The van der Waals surface area contributed by atoms with E-state index in [0.717, 1.165) is 25.1 Å². The molecular formula is C15H16F3NO. The van der Waals surface area contributed by atoms with Gasteiger partial charge in [0.1, 0.15) is 5.76 Å². The molecule has 0 saturated carbocycles. The van der Waals surface area contributed by atoms with Gasteiger partial charge in [-0.2, -0.15) is 13.2 Å². The molecule has 0 aliphatic rings. The average molecular weight is 283 g/mol. The molecule has 0 spiro atoms. The number of nitrogens with one attached hydrogen (secondary N) is 1. The summed E-state index contributed by atoms with van der Waals surface area (Å²) in [6, 6.07) is 6.98. The molecule has 2 nitrogen and oxygen atoms in total. The zero-order valence-electron chi connectivity index (χ0n) is 11.1. The zero-order chi connectivity index (χ0) is 14.6. The van der Waals surface area contributed by atoms with Crippen molar-refractivity contribution in [3.63, 3.8) is 0 Å². The predicted octanol–water partition coefficient (Wildman–Crippen LogP) is 4.47. The van der Waals surface area contributed by atoms with Gasteiger partial charge in [-0.05, 0) is 36.7 Å². The van der Waals surface area contributed by atoms with Crippen molar-refractivity contribution in [3.8, 4) is 11.1 Å². The fourth-order valence-corrected chi connectivity index (χ4v) is 1.98. The highest BCUT2D eigenvalue weighted by atomic mass is 19.4. The van der Waals surface area contributed by atoms with E-state index < -0.39 is 11.7 Å². The minimum atomic E-state index is -4.33. The lowest BCUT2D eigenvalue weighted by molar-refractivity contribution is -0.137. The van der Waals surface area contributed by atoms with Crippen LogP contribution in [0.15, 0.2) is 41.0 Å². The van der Waals surface area contributed by atoms with E-state index in [-0.39, 0.29) is 0 Å². The second kappa shape index (κ2) is 6.13. The molecule has 0 aliphatic heterocycles. The second-order valence-corrected chi connectivity index (χ2v) is 4.51. The van der Waals surface area contributed by atoms with Crippen LogP contribution in [0.25, 0.3) is 11.1 Å². The molecule has 0 radical (unpaired) electrons. The maximum absolute atomic E-state index is 12.7. The number of furan rings is 1. The van der Waals surface area contributed by atoms with E-state index in [0.29, 0.717) is 23.4 Å². The van der Waals surface area contributed by atoms with E-state index in [1.807, 2.05) is 6.92 Å². The highest BCUT2D eigenvalue weighted by Gasteiger charge is 2.30. The van der Waals surface area contributed by atoms with E-state index in [1.54, 1.807) is 12.1 Å². The molecule has 0 aliphatic carbocycles. The molecule has 0 atom stereocenters. The maximum atomic E-state index is 12.7. The number of halogens is 3. The third kappa shape index (κ3) is 3.42. The van der Waals surface area contributed by atoms with Gasteiger partial charge in [0, 0.05) is 5.56 Å². The number of hydrogen-bond acceptors (Lipinski definition) is 2. The fourth-order valence-electron chi connectivity index (χ4n) is 1.98. The summed E-state index contributed by atoms with van der Waals surface area (Å²) in [5.74, 6) is 0.651. The smallest absolute Gasteiger partial charge is 0.416 e. The van der Waals surface area contributed by atoms with Gasteiger partial charge in [-0.25, -0.2) is 0 Å². The Morgan fingerprint density at radius 1 is 1.20 bits per heavy atom. The van der Waals surface area contributed by atoms with Gasteiger partial charge in [-0.3, -0.25) is 0 Å². The third-order valence-electron chi connectivity index (χ3n) is 2.96. The summed E-state index contributed by atoms with van der Waals surface area (Å²) in [7, 11) is 0. The van der Waals surface area contributed by atoms with Crippen LogP contribution in [0.3, 0.4) is 0 Å². The van der Waals surface area contributed by atoms with Crippen LogP contribution in [-0.2, 0) is 12.7 Å². The van der Waals surface area contributed by atoms with Crippen LogP contribution in [0.1, 0.15) is 24.7 Å². The first-order valence-electron chi connectivity index (χ1n) is 6.47. The van der Waals surface area contributed by atoms with Crippen LogP contribution >= 0.6 is 0 Å². The summed E-state index contributed by atoms with van der Waals surface area (Å²) < 4.78 is 43.5. The number of benzene rings is 1. The van der Waals surface area contributed by atoms with Gasteiger partial charge < -0.3 is 9.73 Å². The Hall–Kier alpha value is -1.75. The Kier molecular flexibility index (Phi) is 4.49. The standard InChI is InChI=1S/C15H16F3NO/c1-2-7-19-10-14-13(6-8-20-14)11-4-3-5-12(9-11)15(16,17)18/h3-6,8-9,19H,2,7,10H2,1H3.